The highest BCUT2D eigenvalue weighted by atomic mass is 32.1. The number of thiophene rings is 1. The minimum atomic E-state index is -0.259. The highest BCUT2D eigenvalue weighted by Crippen LogP contribution is 2.38. The molecule has 0 saturated carbocycles. The van der Waals surface area contributed by atoms with Crippen LogP contribution in [0, 0.1) is 0 Å². The predicted octanol–water partition coefficient (Wildman–Crippen LogP) is 4.43. The molecule has 0 bridgehead atoms. The zero-order chi connectivity index (χ0) is 20.4. The van der Waals surface area contributed by atoms with Crippen LogP contribution in [-0.2, 0) is 26.3 Å². The molecule has 0 spiro atoms. The van der Waals surface area contributed by atoms with Gasteiger partial charge in [-0.1, -0.05) is 19.1 Å². The Morgan fingerprint density at radius 3 is 2.52 bits per heavy atom. The zero-order valence-corrected chi connectivity index (χ0v) is 17.4. The molecule has 2 heterocycles. The van der Waals surface area contributed by atoms with E-state index in [1.54, 1.807) is 19.3 Å². The van der Waals surface area contributed by atoms with Gasteiger partial charge in [0.25, 0.3) is 11.8 Å². The molecule has 150 valence electrons. The van der Waals surface area contributed by atoms with Gasteiger partial charge in [-0.3, -0.25) is 14.3 Å². The first-order valence-electron chi connectivity index (χ1n) is 9.91. The Bertz CT molecular complexity index is 1050. The molecule has 7 heteroatoms. The SMILES string of the molecule is CCc1ccc(NC(=O)c2c(NC(=O)c3ccnn3C)sc3c2CCCC3)cc1. The summed E-state index contributed by atoms with van der Waals surface area (Å²) in [7, 11) is 1.72. The van der Waals surface area contributed by atoms with Gasteiger partial charge in [0.15, 0.2) is 0 Å². The van der Waals surface area contributed by atoms with Crippen molar-refractivity contribution in [3.8, 4) is 0 Å². The van der Waals surface area contributed by atoms with Gasteiger partial charge in [0, 0.05) is 23.8 Å². The molecule has 4 rings (SSSR count). The van der Waals surface area contributed by atoms with E-state index in [1.807, 2.05) is 24.3 Å². The first-order valence-corrected chi connectivity index (χ1v) is 10.7. The number of anilines is 2. The molecule has 0 fully saturated rings. The van der Waals surface area contributed by atoms with Crippen molar-refractivity contribution >= 4 is 33.8 Å². The molecule has 2 aromatic heterocycles. The third-order valence-corrected chi connectivity index (χ3v) is 6.51. The molecule has 0 atom stereocenters. The topological polar surface area (TPSA) is 76.0 Å². The van der Waals surface area contributed by atoms with Crippen LogP contribution in [0.2, 0.25) is 0 Å². The van der Waals surface area contributed by atoms with Crippen LogP contribution in [0.25, 0.3) is 0 Å². The van der Waals surface area contributed by atoms with E-state index >= 15 is 0 Å². The second-order valence-corrected chi connectivity index (χ2v) is 8.32. The molecule has 1 aliphatic carbocycles. The van der Waals surface area contributed by atoms with Gasteiger partial charge in [0.05, 0.1) is 5.56 Å². The van der Waals surface area contributed by atoms with Gasteiger partial charge in [-0.25, -0.2) is 0 Å². The van der Waals surface area contributed by atoms with Crippen LogP contribution in [-0.4, -0.2) is 21.6 Å². The third kappa shape index (κ3) is 3.96. The fraction of sp³-hybridized carbons (Fsp3) is 0.318. The molecule has 0 aliphatic heterocycles. The number of benzene rings is 1. The van der Waals surface area contributed by atoms with E-state index in [-0.39, 0.29) is 11.8 Å². The van der Waals surface area contributed by atoms with Crippen molar-refractivity contribution in [1.82, 2.24) is 9.78 Å². The van der Waals surface area contributed by atoms with Crippen LogP contribution in [0.15, 0.2) is 36.5 Å². The summed E-state index contributed by atoms with van der Waals surface area (Å²) in [6.07, 6.45) is 6.53. The standard InChI is InChI=1S/C22H24N4O2S/c1-3-14-8-10-15(11-9-14)24-21(28)19-16-6-4-5-7-18(16)29-22(19)25-20(27)17-12-13-23-26(17)2/h8-13H,3-7H2,1-2H3,(H,24,28)(H,25,27). The number of fused-ring (bicyclic) bond motifs is 1. The first kappa shape index (κ1) is 19.4. The predicted molar refractivity (Wildman–Crippen MR) is 116 cm³/mol. The van der Waals surface area contributed by atoms with Crippen LogP contribution < -0.4 is 10.6 Å². The summed E-state index contributed by atoms with van der Waals surface area (Å²) in [4.78, 5) is 27.1. The lowest BCUT2D eigenvalue weighted by Crippen LogP contribution is -2.20. The van der Waals surface area contributed by atoms with E-state index in [2.05, 4.69) is 22.7 Å². The van der Waals surface area contributed by atoms with Gasteiger partial charge in [-0.15, -0.1) is 11.3 Å². The van der Waals surface area contributed by atoms with Crippen molar-refractivity contribution in [2.75, 3.05) is 10.6 Å². The molecule has 0 unspecified atom stereocenters. The second kappa shape index (κ2) is 8.21. The molecule has 6 nitrogen and oxygen atoms in total. The Labute approximate surface area is 173 Å². The summed E-state index contributed by atoms with van der Waals surface area (Å²) in [5, 5.41) is 10.6. The number of rotatable bonds is 5. The number of amides is 2. The molecule has 2 amide bonds. The van der Waals surface area contributed by atoms with E-state index in [1.165, 1.54) is 26.5 Å². The maximum atomic E-state index is 13.2. The van der Waals surface area contributed by atoms with Crippen molar-refractivity contribution in [3.05, 3.63) is 63.8 Å². The van der Waals surface area contributed by atoms with E-state index in [4.69, 9.17) is 0 Å². The summed E-state index contributed by atoms with van der Waals surface area (Å²) >= 11 is 1.52. The monoisotopic (exact) mass is 408 g/mol. The molecule has 3 aromatic rings. The summed E-state index contributed by atoms with van der Waals surface area (Å²) in [6, 6.07) is 9.54. The fourth-order valence-corrected chi connectivity index (χ4v) is 4.96. The number of carbonyl (C=O) groups is 2. The summed E-state index contributed by atoms with van der Waals surface area (Å²) in [5.74, 6) is -0.432. The van der Waals surface area contributed by atoms with Gasteiger partial charge in [-0.05, 0) is 61.4 Å². The Morgan fingerprint density at radius 2 is 1.83 bits per heavy atom. The van der Waals surface area contributed by atoms with E-state index in [0.29, 0.717) is 16.3 Å². The average Bonchev–Trinajstić information content (AvgIpc) is 3.31. The van der Waals surface area contributed by atoms with Gasteiger partial charge in [0.2, 0.25) is 0 Å². The van der Waals surface area contributed by atoms with Gasteiger partial charge in [0.1, 0.15) is 10.7 Å². The zero-order valence-electron chi connectivity index (χ0n) is 16.6. The lowest BCUT2D eigenvalue weighted by molar-refractivity contribution is 0.101. The maximum absolute atomic E-state index is 13.2. The average molecular weight is 409 g/mol. The van der Waals surface area contributed by atoms with Gasteiger partial charge >= 0.3 is 0 Å². The highest BCUT2D eigenvalue weighted by molar-refractivity contribution is 7.17. The number of nitrogens with one attached hydrogen (secondary N) is 2. The molecule has 0 radical (unpaired) electrons. The van der Waals surface area contributed by atoms with E-state index in [0.717, 1.165) is 43.4 Å². The van der Waals surface area contributed by atoms with Crippen molar-refractivity contribution in [2.45, 2.75) is 39.0 Å². The highest BCUT2D eigenvalue weighted by Gasteiger charge is 2.27. The largest absolute Gasteiger partial charge is 0.322 e. The van der Waals surface area contributed by atoms with Crippen LogP contribution in [0.3, 0.4) is 0 Å². The summed E-state index contributed by atoms with van der Waals surface area (Å²) < 4.78 is 1.53. The number of hydrogen-bond acceptors (Lipinski definition) is 4. The number of hydrogen-bond donors (Lipinski definition) is 2. The van der Waals surface area contributed by atoms with Crippen LogP contribution in [0.4, 0.5) is 10.7 Å². The number of carbonyl (C=O) groups excluding carboxylic acids is 2. The van der Waals surface area contributed by atoms with Crippen LogP contribution >= 0.6 is 11.3 Å². The van der Waals surface area contributed by atoms with Crippen LogP contribution in [0.5, 0.6) is 0 Å². The quantitative estimate of drug-likeness (QED) is 0.656. The fourth-order valence-electron chi connectivity index (χ4n) is 3.68. The molecular weight excluding hydrogens is 384 g/mol. The minimum Gasteiger partial charge on any atom is -0.322 e. The smallest absolute Gasteiger partial charge is 0.274 e. The Kier molecular flexibility index (Phi) is 5.49. The summed E-state index contributed by atoms with van der Waals surface area (Å²) in [6.45, 7) is 2.10. The van der Waals surface area contributed by atoms with Crippen LogP contribution in [0.1, 0.15) is 56.6 Å². The molecule has 0 saturated heterocycles. The van der Waals surface area contributed by atoms with Crippen molar-refractivity contribution < 1.29 is 9.59 Å². The third-order valence-electron chi connectivity index (χ3n) is 5.30. The lowest BCUT2D eigenvalue weighted by Gasteiger charge is -2.13. The Hall–Kier alpha value is -2.93. The first-order chi connectivity index (χ1) is 14.1. The summed E-state index contributed by atoms with van der Waals surface area (Å²) in [5.41, 5.74) is 4.11. The van der Waals surface area contributed by atoms with Crippen molar-refractivity contribution in [1.29, 1.82) is 0 Å². The van der Waals surface area contributed by atoms with Gasteiger partial charge in [-0.2, -0.15) is 5.10 Å². The lowest BCUT2D eigenvalue weighted by atomic mass is 9.95. The van der Waals surface area contributed by atoms with Crippen molar-refractivity contribution in [2.24, 2.45) is 7.05 Å². The molecule has 2 N–H and O–H groups in total. The molecular formula is C22H24N4O2S. The van der Waals surface area contributed by atoms with E-state index < -0.39 is 0 Å². The molecule has 1 aromatic carbocycles. The number of nitrogens with zero attached hydrogens (tertiary/aromatic N) is 2. The number of aryl methyl sites for hydroxylation is 3. The Morgan fingerprint density at radius 1 is 1.07 bits per heavy atom. The van der Waals surface area contributed by atoms with Gasteiger partial charge < -0.3 is 10.6 Å². The Balaban J connectivity index is 1.63. The second-order valence-electron chi connectivity index (χ2n) is 7.21. The maximum Gasteiger partial charge on any atom is 0.274 e. The normalized spacial score (nSPS) is 13.0. The van der Waals surface area contributed by atoms with Crippen molar-refractivity contribution in [3.63, 3.8) is 0 Å². The molecule has 1 aliphatic rings. The van der Waals surface area contributed by atoms with E-state index in [9.17, 15) is 9.59 Å². The molecule has 29 heavy (non-hydrogen) atoms. The number of aromatic nitrogens is 2. The minimum absolute atomic E-state index is 0.172.